The number of rotatable bonds is 6. The van der Waals surface area contributed by atoms with E-state index >= 15 is 0 Å². The van der Waals surface area contributed by atoms with Gasteiger partial charge in [0.2, 0.25) is 0 Å². The third kappa shape index (κ3) is 3.36. The van der Waals surface area contributed by atoms with E-state index in [1.807, 2.05) is 54.6 Å². The number of nitrogens with zero attached hydrogens (tertiary/aromatic N) is 1. The Labute approximate surface area is 169 Å². The first-order valence-corrected chi connectivity index (χ1v) is 9.54. The molecule has 0 atom stereocenters. The fourth-order valence-electron chi connectivity index (χ4n) is 3.72. The van der Waals surface area contributed by atoms with Gasteiger partial charge < -0.3 is 10.1 Å². The monoisotopic (exact) mass is 386 g/mol. The van der Waals surface area contributed by atoms with Crippen molar-refractivity contribution in [2.24, 2.45) is 0 Å². The molecule has 0 aromatic heterocycles. The number of nitrogens with one attached hydrogen (secondary N) is 1. The number of benzene rings is 3. The number of fused-ring (bicyclic) bond motifs is 1. The maximum Gasteiger partial charge on any atom is 0.268 e. The van der Waals surface area contributed by atoms with Crippen LogP contribution in [0, 0.1) is 0 Å². The van der Waals surface area contributed by atoms with Gasteiger partial charge in [0, 0.05) is 12.7 Å². The molecule has 5 heteroatoms. The van der Waals surface area contributed by atoms with Gasteiger partial charge in [-0.2, -0.15) is 0 Å². The number of carbonyl (C=O) groups is 2. The lowest BCUT2D eigenvalue weighted by Crippen LogP contribution is -2.30. The maximum absolute atomic E-state index is 13.1. The fraction of sp³-hybridized carbons (Fsp3) is 0.167. The molecular formula is C24H22N2O3. The third-order valence-corrected chi connectivity index (χ3v) is 5.26. The summed E-state index contributed by atoms with van der Waals surface area (Å²) < 4.78 is 5.21. The predicted octanol–water partition coefficient (Wildman–Crippen LogP) is 4.32. The van der Waals surface area contributed by atoms with Gasteiger partial charge in [-0.1, -0.05) is 36.4 Å². The summed E-state index contributed by atoms with van der Waals surface area (Å²) in [4.78, 5) is 27.5. The quantitative estimate of drug-likeness (QED) is 0.641. The van der Waals surface area contributed by atoms with E-state index in [4.69, 9.17) is 4.74 Å². The highest BCUT2D eigenvalue weighted by Gasteiger charge is 2.39. The van der Waals surface area contributed by atoms with E-state index in [9.17, 15) is 9.59 Å². The molecule has 1 aliphatic rings. The number of aryl methyl sites for hydroxylation is 2. The van der Waals surface area contributed by atoms with Gasteiger partial charge >= 0.3 is 0 Å². The Kier molecular flexibility index (Phi) is 5.04. The molecule has 2 amide bonds. The van der Waals surface area contributed by atoms with Gasteiger partial charge in [0.25, 0.3) is 11.8 Å². The second-order valence-electron chi connectivity index (χ2n) is 6.90. The zero-order chi connectivity index (χ0) is 20.4. The normalized spacial score (nSPS) is 12.8. The van der Waals surface area contributed by atoms with E-state index in [0.717, 1.165) is 24.2 Å². The first-order valence-electron chi connectivity index (χ1n) is 9.54. The topological polar surface area (TPSA) is 58.6 Å². The highest BCUT2D eigenvalue weighted by Crippen LogP contribution is 2.34. The van der Waals surface area contributed by atoms with Crippen molar-refractivity contribution in [3.63, 3.8) is 0 Å². The van der Waals surface area contributed by atoms with E-state index < -0.39 is 0 Å². The predicted molar refractivity (Wildman–Crippen MR) is 114 cm³/mol. The number of hydrogen-bond donors (Lipinski definition) is 1. The van der Waals surface area contributed by atoms with E-state index in [1.54, 1.807) is 26.3 Å². The molecule has 1 aliphatic heterocycles. The van der Waals surface area contributed by atoms with Gasteiger partial charge in [-0.3, -0.25) is 9.59 Å². The van der Waals surface area contributed by atoms with Gasteiger partial charge in [-0.05, 0) is 54.3 Å². The largest absolute Gasteiger partial charge is 0.497 e. The Morgan fingerprint density at radius 2 is 1.62 bits per heavy atom. The lowest BCUT2D eigenvalue weighted by atomic mass is 10.0. The summed E-state index contributed by atoms with van der Waals surface area (Å²) in [5, 5.41) is 3.01. The number of hydrogen-bond acceptors (Lipinski definition) is 4. The van der Waals surface area contributed by atoms with Crippen LogP contribution in [0.15, 0.2) is 66.7 Å². The average Bonchev–Trinajstić information content (AvgIpc) is 3.03. The minimum absolute atomic E-state index is 0.279. The summed E-state index contributed by atoms with van der Waals surface area (Å²) >= 11 is 0. The van der Waals surface area contributed by atoms with Crippen molar-refractivity contribution >= 4 is 23.2 Å². The molecule has 0 fully saturated rings. The summed E-state index contributed by atoms with van der Waals surface area (Å²) in [5.74, 6) is 0.256. The highest BCUT2D eigenvalue weighted by molar-refractivity contribution is 6.36. The minimum Gasteiger partial charge on any atom is -0.497 e. The number of anilines is 2. The van der Waals surface area contributed by atoms with Crippen molar-refractivity contribution in [3.05, 3.63) is 89.0 Å². The Morgan fingerprint density at radius 3 is 2.34 bits per heavy atom. The molecule has 0 saturated carbocycles. The third-order valence-electron chi connectivity index (χ3n) is 5.26. The molecule has 0 bridgehead atoms. The van der Waals surface area contributed by atoms with Crippen LogP contribution in [0.4, 0.5) is 11.4 Å². The molecule has 0 unspecified atom stereocenters. The van der Waals surface area contributed by atoms with Crippen LogP contribution < -0.4 is 15.0 Å². The molecule has 4 rings (SSSR count). The molecule has 1 heterocycles. The van der Waals surface area contributed by atoms with E-state index in [0.29, 0.717) is 22.5 Å². The smallest absolute Gasteiger partial charge is 0.268 e. The maximum atomic E-state index is 13.1. The van der Waals surface area contributed by atoms with Crippen LogP contribution in [-0.4, -0.2) is 26.0 Å². The molecule has 1 N–H and O–H groups in total. The molecule has 0 radical (unpaired) electrons. The van der Waals surface area contributed by atoms with Crippen LogP contribution in [0.25, 0.3) is 0 Å². The van der Waals surface area contributed by atoms with Gasteiger partial charge in [0.15, 0.2) is 0 Å². The number of amides is 2. The molecule has 0 spiro atoms. The van der Waals surface area contributed by atoms with Gasteiger partial charge in [-0.25, -0.2) is 4.90 Å². The lowest BCUT2D eigenvalue weighted by molar-refractivity contribution is 0.0926. The molecule has 3 aromatic rings. The van der Waals surface area contributed by atoms with Crippen LogP contribution >= 0.6 is 0 Å². The van der Waals surface area contributed by atoms with Crippen LogP contribution in [0.5, 0.6) is 5.75 Å². The highest BCUT2D eigenvalue weighted by atomic mass is 16.5. The van der Waals surface area contributed by atoms with Crippen molar-refractivity contribution in [1.82, 2.24) is 0 Å². The number of carbonyl (C=O) groups excluding carboxylic acids is 2. The van der Waals surface area contributed by atoms with Crippen molar-refractivity contribution in [1.29, 1.82) is 0 Å². The van der Waals surface area contributed by atoms with Crippen LogP contribution in [0.1, 0.15) is 31.8 Å². The SMILES string of the molecule is CNc1cccc2c1C(=O)N(c1ccccc1CCc1ccc(OC)cc1)C2=O. The van der Waals surface area contributed by atoms with E-state index in [2.05, 4.69) is 5.32 Å². The zero-order valence-electron chi connectivity index (χ0n) is 16.4. The Bertz CT molecular complexity index is 1070. The molecular weight excluding hydrogens is 364 g/mol. The van der Waals surface area contributed by atoms with E-state index in [-0.39, 0.29) is 11.8 Å². The minimum atomic E-state index is -0.285. The molecule has 0 saturated heterocycles. The zero-order valence-corrected chi connectivity index (χ0v) is 16.4. The first kappa shape index (κ1) is 18.7. The fourth-order valence-corrected chi connectivity index (χ4v) is 3.72. The standard InChI is InChI=1S/C24H22N2O3/c1-25-20-8-5-7-19-22(20)24(28)26(23(19)27)21-9-4-3-6-17(21)13-10-16-11-14-18(29-2)15-12-16/h3-9,11-12,14-15,25H,10,13H2,1-2H3. The lowest BCUT2D eigenvalue weighted by Gasteiger charge is -2.18. The van der Waals surface area contributed by atoms with Crippen LogP contribution in [0.3, 0.4) is 0 Å². The number of methoxy groups -OCH3 is 1. The summed E-state index contributed by atoms with van der Waals surface area (Å²) in [6, 6.07) is 20.8. The van der Waals surface area contributed by atoms with Crippen molar-refractivity contribution in [3.8, 4) is 5.75 Å². The van der Waals surface area contributed by atoms with Crippen molar-refractivity contribution in [2.75, 3.05) is 24.4 Å². The summed E-state index contributed by atoms with van der Waals surface area (Å²) in [7, 11) is 3.39. The van der Waals surface area contributed by atoms with Crippen LogP contribution in [-0.2, 0) is 12.8 Å². The van der Waals surface area contributed by atoms with Crippen molar-refractivity contribution < 1.29 is 14.3 Å². The number of ether oxygens (including phenoxy) is 1. The van der Waals surface area contributed by atoms with Gasteiger partial charge in [0.1, 0.15) is 5.75 Å². The molecule has 5 nitrogen and oxygen atoms in total. The Morgan fingerprint density at radius 1 is 0.862 bits per heavy atom. The first-order chi connectivity index (χ1) is 14.1. The number of imide groups is 1. The van der Waals surface area contributed by atoms with E-state index in [1.165, 1.54) is 10.5 Å². The number of para-hydroxylation sites is 1. The summed E-state index contributed by atoms with van der Waals surface area (Å²) in [6.45, 7) is 0. The molecule has 0 aliphatic carbocycles. The Hall–Kier alpha value is -3.60. The van der Waals surface area contributed by atoms with Crippen molar-refractivity contribution in [2.45, 2.75) is 12.8 Å². The van der Waals surface area contributed by atoms with Crippen LogP contribution in [0.2, 0.25) is 0 Å². The van der Waals surface area contributed by atoms with Gasteiger partial charge in [0.05, 0.1) is 23.9 Å². The second-order valence-corrected chi connectivity index (χ2v) is 6.90. The summed E-state index contributed by atoms with van der Waals surface area (Å²) in [6.07, 6.45) is 1.51. The molecule has 146 valence electrons. The Balaban J connectivity index is 1.63. The summed E-state index contributed by atoms with van der Waals surface area (Å²) in [5.41, 5.74) is 4.31. The molecule has 3 aromatic carbocycles. The average molecular weight is 386 g/mol. The second kappa shape index (κ2) is 7.80. The van der Waals surface area contributed by atoms with Gasteiger partial charge in [-0.15, -0.1) is 0 Å². The molecule has 29 heavy (non-hydrogen) atoms.